The second-order valence-electron chi connectivity index (χ2n) is 4.75. The van der Waals surface area contributed by atoms with Gasteiger partial charge in [-0.2, -0.15) is 0 Å². The van der Waals surface area contributed by atoms with E-state index in [0.717, 1.165) is 25.9 Å². The lowest BCUT2D eigenvalue weighted by atomic mass is 10.2. The predicted octanol–water partition coefficient (Wildman–Crippen LogP) is 2.40. The second kappa shape index (κ2) is 5.91. The van der Waals surface area contributed by atoms with Crippen LogP contribution < -0.4 is 10.2 Å². The number of nitrogens with one attached hydrogen (secondary N) is 1. The molecule has 0 amide bonds. The average molecular weight is 266 g/mol. The highest BCUT2D eigenvalue weighted by molar-refractivity contribution is 5.78. The molecule has 1 unspecified atom stereocenters. The molecule has 4 nitrogen and oxygen atoms in total. The number of benzene rings is 1. The summed E-state index contributed by atoms with van der Waals surface area (Å²) in [6, 6.07) is 4.47. The van der Waals surface area contributed by atoms with Crippen LogP contribution in [-0.4, -0.2) is 32.2 Å². The topological polar surface area (TPSA) is 41.6 Å². The first-order chi connectivity index (χ1) is 9.11. The number of nitrogens with zero attached hydrogens (tertiary/aromatic N) is 1. The molecular weight excluding hydrogens is 247 g/mol. The van der Waals surface area contributed by atoms with E-state index < -0.39 is 6.04 Å². The van der Waals surface area contributed by atoms with Crippen molar-refractivity contribution < 1.29 is 13.9 Å². The fourth-order valence-corrected chi connectivity index (χ4v) is 2.30. The molecule has 1 aliphatic heterocycles. The first-order valence-electron chi connectivity index (χ1n) is 6.50. The van der Waals surface area contributed by atoms with Gasteiger partial charge in [0.25, 0.3) is 0 Å². The first kappa shape index (κ1) is 13.6. The van der Waals surface area contributed by atoms with Crippen LogP contribution in [0, 0.1) is 5.82 Å². The Kier molecular flexibility index (Phi) is 4.24. The zero-order valence-electron chi connectivity index (χ0n) is 11.3. The average Bonchev–Trinajstić information content (AvgIpc) is 2.91. The molecule has 0 aliphatic carbocycles. The molecule has 104 valence electrons. The zero-order chi connectivity index (χ0) is 13.8. The van der Waals surface area contributed by atoms with E-state index >= 15 is 0 Å². The molecule has 5 heteroatoms. The number of anilines is 2. The van der Waals surface area contributed by atoms with E-state index in [0.29, 0.717) is 11.4 Å². The Balaban J connectivity index is 2.08. The maximum absolute atomic E-state index is 14.0. The molecule has 2 rings (SSSR count). The molecule has 1 N–H and O–H groups in total. The highest BCUT2D eigenvalue weighted by Gasteiger charge is 2.17. The number of ether oxygens (including phenoxy) is 1. The summed E-state index contributed by atoms with van der Waals surface area (Å²) in [6.07, 6.45) is 2.22. The minimum absolute atomic E-state index is 0.260. The molecule has 1 fully saturated rings. The molecule has 0 bridgehead atoms. The van der Waals surface area contributed by atoms with Gasteiger partial charge >= 0.3 is 5.97 Å². The summed E-state index contributed by atoms with van der Waals surface area (Å²) >= 11 is 0. The van der Waals surface area contributed by atoms with E-state index in [1.807, 2.05) is 4.90 Å². The molecule has 1 saturated heterocycles. The number of hydrogen-bond donors (Lipinski definition) is 1. The smallest absolute Gasteiger partial charge is 0.327 e. The largest absolute Gasteiger partial charge is 0.467 e. The fraction of sp³-hybridized carbons (Fsp3) is 0.500. The number of carbonyl (C=O) groups is 1. The molecule has 1 atom stereocenters. The van der Waals surface area contributed by atoms with Gasteiger partial charge in [-0.05, 0) is 38.0 Å². The van der Waals surface area contributed by atoms with Crippen molar-refractivity contribution in [3.05, 3.63) is 24.0 Å². The van der Waals surface area contributed by atoms with Crippen LogP contribution in [0.25, 0.3) is 0 Å². The summed E-state index contributed by atoms with van der Waals surface area (Å²) in [7, 11) is 1.33. The van der Waals surface area contributed by atoms with E-state index in [1.54, 1.807) is 19.1 Å². The van der Waals surface area contributed by atoms with Crippen molar-refractivity contribution in [3.8, 4) is 0 Å². The zero-order valence-corrected chi connectivity index (χ0v) is 11.3. The molecule has 0 radical (unpaired) electrons. The highest BCUT2D eigenvalue weighted by Crippen LogP contribution is 2.26. The van der Waals surface area contributed by atoms with Crippen molar-refractivity contribution in [2.75, 3.05) is 30.4 Å². The highest BCUT2D eigenvalue weighted by atomic mass is 19.1. The number of methoxy groups -OCH3 is 1. The van der Waals surface area contributed by atoms with Crippen molar-refractivity contribution in [3.63, 3.8) is 0 Å². The van der Waals surface area contributed by atoms with Gasteiger partial charge in [-0.1, -0.05) is 0 Å². The van der Waals surface area contributed by atoms with Crippen LogP contribution in [0.3, 0.4) is 0 Å². The maximum atomic E-state index is 14.0. The molecule has 1 aliphatic rings. The molecule has 19 heavy (non-hydrogen) atoms. The molecule has 0 aromatic heterocycles. The quantitative estimate of drug-likeness (QED) is 0.850. The lowest BCUT2D eigenvalue weighted by molar-refractivity contribution is -0.141. The standard InChI is InChI=1S/C14H19FN2O2/c1-10(14(18)19-2)16-11-5-6-13(12(15)9-11)17-7-3-4-8-17/h5-6,9-10,16H,3-4,7-8H2,1-2H3. The Hall–Kier alpha value is -1.78. The summed E-state index contributed by atoms with van der Waals surface area (Å²) in [6.45, 7) is 3.49. The van der Waals surface area contributed by atoms with Crippen LogP contribution >= 0.6 is 0 Å². The van der Waals surface area contributed by atoms with Crippen molar-refractivity contribution in [1.29, 1.82) is 0 Å². The van der Waals surface area contributed by atoms with Gasteiger partial charge in [0, 0.05) is 18.8 Å². The van der Waals surface area contributed by atoms with Crippen LogP contribution in [0.4, 0.5) is 15.8 Å². The number of carbonyl (C=O) groups excluding carboxylic acids is 1. The van der Waals surface area contributed by atoms with Crippen LogP contribution in [-0.2, 0) is 9.53 Å². The van der Waals surface area contributed by atoms with E-state index in [1.165, 1.54) is 13.2 Å². The molecule has 1 aromatic rings. The van der Waals surface area contributed by atoms with Crippen molar-refractivity contribution >= 4 is 17.3 Å². The lowest BCUT2D eigenvalue weighted by Gasteiger charge is -2.19. The normalized spacial score (nSPS) is 16.3. The van der Waals surface area contributed by atoms with Crippen molar-refractivity contribution in [1.82, 2.24) is 0 Å². The molecule has 1 heterocycles. The van der Waals surface area contributed by atoms with Crippen LogP contribution in [0.5, 0.6) is 0 Å². The molecule has 0 saturated carbocycles. The van der Waals surface area contributed by atoms with E-state index in [2.05, 4.69) is 10.1 Å². The number of halogens is 1. The molecule has 0 spiro atoms. The van der Waals surface area contributed by atoms with Gasteiger partial charge in [0.05, 0.1) is 12.8 Å². The van der Waals surface area contributed by atoms with Crippen molar-refractivity contribution in [2.24, 2.45) is 0 Å². The first-order valence-corrected chi connectivity index (χ1v) is 6.50. The summed E-state index contributed by atoms with van der Waals surface area (Å²) in [4.78, 5) is 13.3. The molecular formula is C14H19FN2O2. The van der Waals surface area contributed by atoms with Crippen molar-refractivity contribution in [2.45, 2.75) is 25.8 Å². The predicted molar refractivity (Wildman–Crippen MR) is 72.9 cm³/mol. The monoisotopic (exact) mass is 266 g/mol. The third-order valence-corrected chi connectivity index (χ3v) is 3.33. The maximum Gasteiger partial charge on any atom is 0.327 e. The summed E-state index contributed by atoms with van der Waals surface area (Å²) < 4.78 is 18.7. The van der Waals surface area contributed by atoms with Gasteiger partial charge < -0.3 is 15.0 Å². The van der Waals surface area contributed by atoms with Crippen LogP contribution in [0.2, 0.25) is 0 Å². The van der Waals surface area contributed by atoms with Gasteiger partial charge in [0.2, 0.25) is 0 Å². The van der Waals surface area contributed by atoms with Gasteiger partial charge in [0.1, 0.15) is 11.9 Å². The minimum Gasteiger partial charge on any atom is -0.467 e. The third-order valence-electron chi connectivity index (χ3n) is 3.33. The van der Waals surface area contributed by atoms with E-state index in [9.17, 15) is 9.18 Å². The fourth-order valence-electron chi connectivity index (χ4n) is 2.30. The summed E-state index contributed by atoms with van der Waals surface area (Å²) in [5.41, 5.74) is 1.21. The Morgan fingerprint density at radius 1 is 1.42 bits per heavy atom. The Morgan fingerprint density at radius 3 is 2.68 bits per heavy atom. The van der Waals surface area contributed by atoms with Crippen LogP contribution in [0.1, 0.15) is 19.8 Å². The minimum atomic E-state index is -0.498. The summed E-state index contributed by atoms with van der Waals surface area (Å²) in [5, 5.41) is 2.92. The number of hydrogen-bond acceptors (Lipinski definition) is 4. The molecule has 1 aromatic carbocycles. The summed E-state index contributed by atoms with van der Waals surface area (Å²) in [5.74, 6) is -0.631. The number of rotatable bonds is 4. The van der Waals surface area contributed by atoms with Gasteiger partial charge in [0.15, 0.2) is 0 Å². The van der Waals surface area contributed by atoms with Gasteiger partial charge in [-0.25, -0.2) is 9.18 Å². The second-order valence-corrected chi connectivity index (χ2v) is 4.75. The third kappa shape index (κ3) is 3.16. The van der Waals surface area contributed by atoms with Gasteiger partial charge in [-0.3, -0.25) is 0 Å². The number of esters is 1. The van der Waals surface area contributed by atoms with Gasteiger partial charge in [-0.15, -0.1) is 0 Å². The Labute approximate surface area is 112 Å². The van der Waals surface area contributed by atoms with E-state index in [4.69, 9.17) is 0 Å². The Bertz CT molecular complexity index is 459. The van der Waals surface area contributed by atoms with E-state index in [-0.39, 0.29) is 11.8 Å². The Morgan fingerprint density at radius 2 is 2.11 bits per heavy atom. The van der Waals surface area contributed by atoms with Crippen LogP contribution in [0.15, 0.2) is 18.2 Å². The lowest BCUT2D eigenvalue weighted by Crippen LogP contribution is -2.27. The SMILES string of the molecule is COC(=O)C(C)Nc1ccc(N2CCCC2)c(F)c1.